The number of carbonyl (C=O) groups is 1. The maximum Gasteiger partial charge on any atom is 0.254 e. The van der Waals surface area contributed by atoms with E-state index >= 15 is 0 Å². The molecule has 1 aromatic rings. The van der Waals surface area contributed by atoms with Gasteiger partial charge in [-0.3, -0.25) is 4.79 Å². The van der Waals surface area contributed by atoms with Crippen LogP contribution in [0.25, 0.3) is 0 Å². The maximum atomic E-state index is 12.8. The molecular formula is C18H26N2O4S. The number of piperidine rings is 1. The van der Waals surface area contributed by atoms with E-state index in [4.69, 9.17) is 4.74 Å². The van der Waals surface area contributed by atoms with Crippen LogP contribution < -0.4 is 0 Å². The summed E-state index contributed by atoms with van der Waals surface area (Å²) in [5.74, 6) is -0.0785. The average Bonchev–Trinajstić information content (AvgIpc) is 2.62. The minimum absolute atomic E-state index is 0.00742. The molecule has 0 aromatic heterocycles. The zero-order valence-electron chi connectivity index (χ0n) is 14.8. The van der Waals surface area contributed by atoms with Gasteiger partial charge in [0.05, 0.1) is 30.2 Å². The monoisotopic (exact) mass is 366 g/mol. The van der Waals surface area contributed by atoms with E-state index in [0.717, 1.165) is 19.3 Å². The van der Waals surface area contributed by atoms with Crippen LogP contribution in [-0.4, -0.2) is 61.9 Å². The Balaban J connectivity index is 1.78. The van der Waals surface area contributed by atoms with Crippen molar-refractivity contribution in [2.45, 2.75) is 50.1 Å². The Morgan fingerprint density at radius 1 is 1.00 bits per heavy atom. The van der Waals surface area contributed by atoms with E-state index in [2.05, 4.69) is 0 Å². The van der Waals surface area contributed by atoms with Crippen molar-refractivity contribution in [2.24, 2.45) is 0 Å². The van der Waals surface area contributed by atoms with Gasteiger partial charge in [0.1, 0.15) is 0 Å². The molecule has 2 aliphatic rings. The molecule has 2 unspecified atom stereocenters. The maximum absolute atomic E-state index is 12.8. The van der Waals surface area contributed by atoms with Crippen LogP contribution in [0.4, 0.5) is 0 Å². The van der Waals surface area contributed by atoms with E-state index in [9.17, 15) is 13.2 Å². The van der Waals surface area contributed by atoms with Gasteiger partial charge in [-0.2, -0.15) is 4.31 Å². The largest absolute Gasteiger partial charge is 0.377 e. The third-order valence-electron chi connectivity index (χ3n) is 4.96. The Kier molecular flexibility index (Phi) is 5.46. The van der Waals surface area contributed by atoms with Crippen molar-refractivity contribution in [3.05, 3.63) is 29.8 Å². The molecule has 6 nitrogen and oxygen atoms in total. The van der Waals surface area contributed by atoms with Gasteiger partial charge in [-0.1, -0.05) is 6.42 Å². The molecule has 0 radical (unpaired) electrons. The lowest BCUT2D eigenvalue weighted by atomic mass is 10.1. The smallest absolute Gasteiger partial charge is 0.254 e. The number of benzene rings is 1. The van der Waals surface area contributed by atoms with Crippen LogP contribution in [0.5, 0.6) is 0 Å². The number of amides is 1. The van der Waals surface area contributed by atoms with Crippen molar-refractivity contribution in [3.8, 4) is 0 Å². The van der Waals surface area contributed by atoms with Crippen LogP contribution in [0.1, 0.15) is 43.5 Å². The van der Waals surface area contributed by atoms with Gasteiger partial charge in [-0.15, -0.1) is 0 Å². The Hall–Kier alpha value is -1.44. The third-order valence-corrected chi connectivity index (χ3v) is 6.87. The lowest BCUT2D eigenvalue weighted by Gasteiger charge is -2.38. The van der Waals surface area contributed by atoms with Gasteiger partial charge in [-0.05, 0) is 51.0 Å². The van der Waals surface area contributed by atoms with Crippen LogP contribution in [0, 0.1) is 0 Å². The fourth-order valence-corrected chi connectivity index (χ4v) is 5.09. The average molecular weight is 366 g/mol. The van der Waals surface area contributed by atoms with Crippen molar-refractivity contribution in [3.63, 3.8) is 0 Å². The van der Waals surface area contributed by atoms with Crippen LogP contribution >= 0.6 is 0 Å². The van der Waals surface area contributed by atoms with Gasteiger partial charge in [0.25, 0.3) is 5.91 Å². The number of nitrogens with zero attached hydrogens (tertiary/aromatic N) is 2. The summed E-state index contributed by atoms with van der Waals surface area (Å²) in [7, 11) is -3.46. The van der Waals surface area contributed by atoms with Crippen LogP contribution in [0.2, 0.25) is 0 Å². The van der Waals surface area contributed by atoms with E-state index in [1.165, 1.54) is 0 Å². The summed E-state index contributed by atoms with van der Waals surface area (Å²) in [6, 6.07) is 6.35. The quantitative estimate of drug-likeness (QED) is 0.822. The zero-order valence-corrected chi connectivity index (χ0v) is 15.7. The number of sulfonamides is 1. The molecule has 0 N–H and O–H groups in total. The van der Waals surface area contributed by atoms with Crippen LogP contribution in [0.15, 0.2) is 29.2 Å². The Bertz CT molecular complexity index is 701. The predicted molar refractivity (Wildman–Crippen MR) is 95.0 cm³/mol. The first-order valence-electron chi connectivity index (χ1n) is 8.92. The van der Waals surface area contributed by atoms with Crippen LogP contribution in [-0.2, 0) is 14.8 Å². The van der Waals surface area contributed by atoms with Crippen molar-refractivity contribution in [1.29, 1.82) is 0 Å². The highest BCUT2D eigenvalue weighted by molar-refractivity contribution is 7.89. The highest BCUT2D eigenvalue weighted by Gasteiger charge is 2.31. The second kappa shape index (κ2) is 7.43. The summed E-state index contributed by atoms with van der Waals surface area (Å²) < 4.78 is 32.4. The molecule has 0 aliphatic carbocycles. The molecule has 1 amide bonds. The number of ether oxygens (including phenoxy) is 1. The summed E-state index contributed by atoms with van der Waals surface area (Å²) in [5.41, 5.74) is 0.512. The molecule has 2 aliphatic heterocycles. The summed E-state index contributed by atoms with van der Waals surface area (Å²) in [4.78, 5) is 14.9. The van der Waals surface area contributed by atoms with Gasteiger partial charge < -0.3 is 9.64 Å². The molecule has 7 heteroatoms. The standard InChI is InChI=1S/C18H26N2O4S/c1-14-12-24-13-15(2)20(14)18(21)16-6-8-17(9-7-16)25(22,23)19-10-4-3-5-11-19/h6-9,14-15H,3-5,10-13H2,1-2H3. The van der Waals surface area contributed by atoms with Gasteiger partial charge in [0.15, 0.2) is 0 Å². The molecule has 2 heterocycles. The molecule has 2 atom stereocenters. The van der Waals surface area contributed by atoms with E-state index in [1.807, 2.05) is 18.7 Å². The normalized spacial score (nSPS) is 25.8. The number of hydrogen-bond donors (Lipinski definition) is 0. The minimum Gasteiger partial charge on any atom is -0.377 e. The highest BCUT2D eigenvalue weighted by Crippen LogP contribution is 2.22. The van der Waals surface area contributed by atoms with Gasteiger partial charge in [-0.25, -0.2) is 8.42 Å². The van der Waals surface area contributed by atoms with Gasteiger partial charge in [0, 0.05) is 18.7 Å². The molecule has 0 saturated carbocycles. The molecule has 0 bridgehead atoms. The Morgan fingerprint density at radius 3 is 2.12 bits per heavy atom. The molecule has 2 fully saturated rings. The van der Waals surface area contributed by atoms with E-state index in [-0.39, 0.29) is 22.9 Å². The lowest BCUT2D eigenvalue weighted by Crippen LogP contribution is -2.52. The summed E-state index contributed by atoms with van der Waals surface area (Å²) in [5, 5.41) is 0. The second-order valence-electron chi connectivity index (χ2n) is 6.94. The highest BCUT2D eigenvalue weighted by atomic mass is 32.2. The van der Waals surface area contributed by atoms with Crippen molar-refractivity contribution >= 4 is 15.9 Å². The van der Waals surface area contributed by atoms with Crippen molar-refractivity contribution < 1.29 is 17.9 Å². The molecule has 3 rings (SSSR count). The predicted octanol–water partition coefficient (Wildman–Crippen LogP) is 2.11. The minimum atomic E-state index is -3.46. The van der Waals surface area contributed by atoms with E-state index < -0.39 is 10.0 Å². The van der Waals surface area contributed by atoms with E-state index in [0.29, 0.717) is 31.9 Å². The molecule has 138 valence electrons. The number of carbonyl (C=O) groups excluding carboxylic acids is 1. The zero-order chi connectivity index (χ0) is 18.0. The summed E-state index contributed by atoms with van der Waals surface area (Å²) >= 11 is 0. The topological polar surface area (TPSA) is 66.9 Å². The first-order chi connectivity index (χ1) is 11.9. The first-order valence-corrected chi connectivity index (χ1v) is 10.4. The molecule has 0 spiro atoms. The fraction of sp³-hybridized carbons (Fsp3) is 0.611. The number of rotatable bonds is 3. The SMILES string of the molecule is CC1COCC(C)N1C(=O)c1ccc(S(=O)(=O)N2CCCCC2)cc1. The summed E-state index contributed by atoms with van der Waals surface area (Å²) in [6.07, 6.45) is 2.89. The molecule has 2 saturated heterocycles. The van der Waals surface area contributed by atoms with Crippen LogP contribution in [0.3, 0.4) is 0 Å². The van der Waals surface area contributed by atoms with Gasteiger partial charge in [0.2, 0.25) is 10.0 Å². The number of morpholine rings is 1. The first kappa shape index (κ1) is 18.4. The lowest BCUT2D eigenvalue weighted by molar-refractivity contribution is -0.0249. The molecule has 1 aromatic carbocycles. The van der Waals surface area contributed by atoms with Gasteiger partial charge >= 0.3 is 0 Å². The Morgan fingerprint density at radius 2 is 1.56 bits per heavy atom. The third kappa shape index (κ3) is 3.73. The molecular weight excluding hydrogens is 340 g/mol. The second-order valence-corrected chi connectivity index (χ2v) is 8.87. The van der Waals surface area contributed by atoms with E-state index in [1.54, 1.807) is 28.6 Å². The fourth-order valence-electron chi connectivity index (χ4n) is 3.58. The molecule has 25 heavy (non-hydrogen) atoms. The Labute approximate surface area is 149 Å². The number of hydrogen-bond acceptors (Lipinski definition) is 4. The van der Waals surface area contributed by atoms with Crippen molar-refractivity contribution in [2.75, 3.05) is 26.3 Å². The summed E-state index contributed by atoms with van der Waals surface area (Å²) in [6.45, 7) is 6.12. The van der Waals surface area contributed by atoms with Crippen molar-refractivity contribution in [1.82, 2.24) is 9.21 Å².